The number of amides is 1. The number of carboxylic acid groups (broad SMARTS) is 1. The highest BCUT2D eigenvalue weighted by Crippen LogP contribution is 2.23. The van der Waals surface area contributed by atoms with Gasteiger partial charge in [-0.15, -0.1) is 0 Å². The van der Waals surface area contributed by atoms with E-state index in [4.69, 9.17) is 5.11 Å². The maximum Gasteiger partial charge on any atom is 0.303 e. The van der Waals surface area contributed by atoms with E-state index in [-0.39, 0.29) is 24.2 Å². The molecule has 2 heterocycles. The summed E-state index contributed by atoms with van der Waals surface area (Å²) in [5, 5.41) is 12.0. The van der Waals surface area contributed by atoms with Crippen LogP contribution in [0.3, 0.4) is 0 Å². The van der Waals surface area contributed by atoms with Crippen molar-refractivity contribution in [1.29, 1.82) is 0 Å². The first-order valence-corrected chi connectivity index (χ1v) is 6.38. The molecule has 0 aliphatic carbocycles. The molecule has 0 aromatic rings. The minimum atomic E-state index is -0.761. The standard InChI is InChI=1S/C12H20N2O3/c15-11(16)6-9-3-5-14(8-9)12(17)10-2-1-4-13-7-10/h9-10,13H,1-8H2,(H,15,16)/t9?,10-/m1/s1. The van der Waals surface area contributed by atoms with E-state index in [9.17, 15) is 9.59 Å². The molecule has 2 atom stereocenters. The Kier molecular flexibility index (Phi) is 3.99. The SMILES string of the molecule is O=C(O)CC1CCN(C(=O)[C@@H]2CCCNC2)C1. The van der Waals surface area contributed by atoms with E-state index >= 15 is 0 Å². The predicted molar refractivity (Wildman–Crippen MR) is 62.5 cm³/mol. The summed E-state index contributed by atoms with van der Waals surface area (Å²) in [6.07, 6.45) is 3.04. The number of carbonyl (C=O) groups is 2. The highest BCUT2D eigenvalue weighted by atomic mass is 16.4. The van der Waals surface area contributed by atoms with Crippen molar-refractivity contribution >= 4 is 11.9 Å². The van der Waals surface area contributed by atoms with Crippen molar-refractivity contribution in [3.8, 4) is 0 Å². The summed E-state index contributed by atoms with van der Waals surface area (Å²) in [5.74, 6) is -0.297. The van der Waals surface area contributed by atoms with Gasteiger partial charge in [0.1, 0.15) is 0 Å². The fourth-order valence-electron chi connectivity index (χ4n) is 2.77. The first-order chi connectivity index (χ1) is 8.16. The zero-order valence-electron chi connectivity index (χ0n) is 10.0. The van der Waals surface area contributed by atoms with Crippen molar-refractivity contribution in [2.75, 3.05) is 26.2 Å². The second kappa shape index (κ2) is 5.49. The lowest BCUT2D eigenvalue weighted by atomic mass is 9.98. The van der Waals surface area contributed by atoms with Crippen LogP contribution in [0.1, 0.15) is 25.7 Å². The van der Waals surface area contributed by atoms with Crippen LogP contribution in [0.15, 0.2) is 0 Å². The number of aliphatic carboxylic acids is 1. The average Bonchev–Trinajstić information content (AvgIpc) is 2.77. The van der Waals surface area contributed by atoms with Crippen molar-refractivity contribution in [3.63, 3.8) is 0 Å². The van der Waals surface area contributed by atoms with Gasteiger partial charge in [0.05, 0.1) is 5.92 Å². The van der Waals surface area contributed by atoms with Crippen LogP contribution in [0, 0.1) is 11.8 Å². The number of piperidine rings is 1. The molecule has 1 amide bonds. The summed E-state index contributed by atoms with van der Waals surface area (Å²) in [7, 11) is 0. The fraction of sp³-hybridized carbons (Fsp3) is 0.833. The molecule has 0 aromatic carbocycles. The summed E-state index contributed by atoms with van der Waals surface area (Å²) in [6.45, 7) is 3.14. The molecule has 2 fully saturated rings. The Balaban J connectivity index is 1.82. The number of likely N-dealkylation sites (tertiary alicyclic amines) is 1. The molecule has 2 rings (SSSR count). The lowest BCUT2D eigenvalue weighted by Gasteiger charge is -2.26. The van der Waals surface area contributed by atoms with Crippen molar-refractivity contribution in [1.82, 2.24) is 10.2 Å². The molecule has 0 bridgehead atoms. The Labute approximate surface area is 101 Å². The van der Waals surface area contributed by atoms with Gasteiger partial charge >= 0.3 is 5.97 Å². The molecule has 2 aliphatic heterocycles. The molecule has 96 valence electrons. The van der Waals surface area contributed by atoms with Crippen LogP contribution in [0.5, 0.6) is 0 Å². The van der Waals surface area contributed by atoms with E-state index in [0.29, 0.717) is 6.54 Å². The van der Waals surface area contributed by atoms with E-state index in [2.05, 4.69) is 5.32 Å². The van der Waals surface area contributed by atoms with Crippen LogP contribution < -0.4 is 5.32 Å². The van der Waals surface area contributed by atoms with Gasteiger partial charge in [0.25, 0.3) is 0 Å². The zero-order chi connectivity index (χ0) is 12.3. The Bertz CT molecular complexity index is 300. The summed E-state index contributed by atoms with van der Waals surface area (Å²) < 4.78 is 0. The highest BCUT2D eigenvalue weighted by molar-refractivity contribution is 5.79. The van der Waals surface area contributed by atoms with Gasteiger partial charge < -0.3 is 15.3 Å². The third-order valence-corrected chi connectivity index (χ3v) is 3.71. The predicted octanol–water partition coefficient (Wildman–Crippen LogP) is 0.309. The van der Waals surface area contributed by atoms with E-state index in [1.54, 1.807) is 0 Å². The van der Waals surface area contributed by atoms with Gasteiger partial charge in [-0.1, -0.05) is 0 Å². The quantitative estimate of drug-likeness (QED) is 0.745. The minimum absolute atomic E-state index is 0.104. The molecule has 0 radical (unpaired) electrons. The van der Waals surface area contributed by atoms with Gasteiger partial charge in [-0.3, -0.25) is 9.59 Å². The van der Waals surface area contributed by atoms with E-state index in [1.807, 2.05) is 4.90 Å². The first-order valence-electron chi connectivity index (χ1n) is 6.38. The molecule has 1 unspecified atom stereocenters. The topological polar surface area (TPSA) is 69.6 Å². The largest absolute Gasteiger partial charge is 0.481 e. The zero-order valence-corrected chi connectivity index (χ0v) is 10.0. The maximum atomic E-state index is 12.2. The third kappa shape index (κ3) is 3.19. The molecule has 5 heteroatoms. The van der Waals surface area contributed by atoms with E-state index < -0.39 is 5.97 Å². The van der Waals surface area contributed by atoms with Crippen molar-refractivity contribution in [3.05, 3.63) is 0 Å². The van der Waals surface area contributed by atoms with Gasteiger partial charge in [0.2, 0.25) is 5.91 Å². The molecular weight excluding hydrogens is 220 g/mol. The molecule has 0 spiro atoms. The summed E-state index contributed by atoms with van der Waals surface area (Å²) in [5.41, 5.74) is 0. The summed E-state index contributed by atoms with van der Waals surface area (Å²) in [4.78, 5) is 24.6. The Morgan fingerprint density at radius 3 is 2.82 bits per heavy atom. The first kappa shape index (κ1) is 12.4. The Morgan fingerprint density at radius 2 is 2.18 bits per heavy atom. The lowest BCUT2D eigenvalue weighted by Crippen LogP contribution is -2.42. The smallest absolute Gasteiger partial charge is 0.303 e. The van der Waals surface area contributed by atoms with Crippen molar-refractivity contribution in [2.45, 2.75) is 25.7 Å². The van der Waals surface area contributed by atoms with Crippen LogP contribution in [0.2, 0.25) is 0 Å². The number of hydrogen-bond acceptors (Lipinski definition) is 3. The normalized spacial score (nSPS) is 29.3. The summed E-state index contributed by atoms with van der Waals surface area (Å²) >= 11 is 0. The highest BCUT2D eigenvalue weighted by Gasteiger charge is 2.32. The number of nitrogens with zero attached hydrogens (tertiary/aromatic N) is 1. The molecular formula is C12H20N2O3. The fourth-order valence-corrected chi connectivity index (χ4v) is 2.77. The molecule has 0 saturated carbocycles. The van der Waals surface area contributed by atoms with Crippen molar-refractivity contribution in [2.24, 2.45) is 11.8 Å². The number of nitrogens with one attached hydrogen (secondary N) is 1. The second-order valence-corrected chi connectivity index (χ2v) is 5.08. The van der Waals surface area contributed by atoms with Gasteiger partial charge in [-0.05, 0) is 31.7 Å². The molecule has 2 saturated heterocycles. The molecule has 2 aliphatic rings. The van der Waals surface area contributed by atoms with Gasteiger partial charge in [-0.25, -0.2) is 0 Å². The van der Waals surface area contributed by atoms with Crippen LogP contribution in [-0.4, -0.2) is 48.1 Å². The number of rotatable bonds is 3. The van der Waals surface area contributed by atoms with E-state index in [1.165, 1.54) is 0 Å². The summed E-state index contributed by atoms with van der Waals surface area (Å²) in [6, 6.07) is 0. The molecule has 2 N–H and O–H groups in total. The number of carbonyl (C=O) groups excluding carboxylic acids is 1. The van der Waals surface area contributed by atoms with Crippen LogP contribution in [0.4, 0.5) is 0 Å². The Morgan fingerprint density at radius 1 is 1.35 bits per heavy atom. The second-order valence-electron chi connectivity index (χ2n) is 5.08. The molecule has 0 aromatic heterocycles. The van der Waals surface area contributed by atoms with Crippen LogP contribution in [-0.2, 0) is 9.59 Å². The Hall–Kier alpha value is -1.10. The monoisotopic (exact) mass is 240 g/mol. The maximum absolute atomic E-state index is 12.2. The minimum Gasteiger partial charge on any atom is -0.481 e. The van der Waals surface area contributed by atoms with Crippen LogP contribution in [0.25, 0.3) is 0 Å². The van der Waals surface area contributed by atoms with Crippen LogP contribution >= 0.6 is 0 Å². The molecule has 5 nitrogen and oxygen atoms in total. The van der Waals surface area contributed by atoms with E-state index in [0.717, 1.165) is 38.9 Å². The average molecular weight is 240 g/mol. The van der Waals surface area contributed by atoms with Gasteiger partial charge in [0, 0.05) is 26.1 Å². The van der Waals surface area contributed by atoms with Gasteiger partial charge in [-0.2, -0.15) is 0 Å². The van der Waals surface area contributed by atoms with Crippen molar-refractivity contribution < 1.29 is 14.7 Å². The number of hydrogen-bond donors (Lipinski definition) is 2. The third-order valence-electron chi connectivity index (χ3n) is 3.71. The number of carboxylic acids is 1. The van der Waals surface area contributed by atoms with Gasteiger partial charge in [0.15, 0.2) is 0 Å². The molecule has 17 heavy (non-hydrogen) atoms. The lowest BCUT2D eigenvalue weighted by molar-refractivity contribution is -0.139.